The molecular formula is C16H20N4O2. The van der Waals surface area contributed by atoms with E-state index in [0.717, 1.165) is 42.8 Å². The molecule has 1 saturated heterocycles. The monoisotopic (exact) mass is 300 g/mol. The number of fused-ring (bicyclic) bond motifs is 1. The van der Waals surface area contributed by atoms with E-state index in [1.165, 1.54) is 0 Å². The Hall–Kier alpha value is -2.37. The summed E-state index contributed by atoms with van der Waals surface area (Å²) < 4.78 is 5.67. The number of benzene rings is 1. The van der Waals surface area contributed by atoms with Crippen molar-refractivity contribution < 1.29 is 9.53 Å². The molecule has 0 radical (unpaired) electrons. The van der Waals surface area contributed by atoms with Gasteiger partial charge in [-0.25, -0.2) is 9.97 Å². The van der Waals surface area contributed by atoms with Crippen molar-refractivity contribution >= 4 is 22.8 Å². The smallest absolute Gasteiger partial charge is 0.258 e. The molecule has 6 nitrogen and oxygen atoms in total. The van der Waals surface area contributed by atoms with E-state index in [-0.39, 0.29) is 11.8 Å². The number of rotatable bonds is 4. The molecule has 1 fully saturated rings. The molecule has 2 aromatic rings. The van der Waals surface area contributed by atoms with Crippen LogP contribution >= 0.6 is 0 Å². The number of aromatic nitrogens is 2. The molecule has 2 N–H and O–H groups in total. The summed E-state index contributed by atoms with van der Waals surface area (Å²) in [7, 11) is 0. The van der Waals surface area contributed by atoms with Crippen LogP contribution in [0.15, 0.2) is 24.3 Å². The van der Waals surface area contributed by atoms with Crippen LogP contribution in [0.4, 0.5) is 5.82 Å². The van der Waals surface area contributed by atoms with Gasteiger partial charge in [0, 0.05) is 19.0 Å². The lowest BCUT2D eigenvalue weighted by atomic mass is 9.96. The van der Waals surface area contributed by atoms with Gasteiger partial charge < -0.3 is 15.4 Å². The minimum atomic E-state index is -0.214. The molecule has 1 aromatic heterocycles. The number of carbonyl (C=O) groups excluding carboxylic acids is 1. The van der Waals surface area contributed by atoms with Crippen molar-refractivity contribution in [1.29, 1.82) is 0 Å². The number of para-hydroxylation sites is 2. The van der Waals surface area contributed by atoms with Gasteiger partial charge in [-0.05, 0) is 31.9 Å². The van der Waals surface area contributed by atoms with E-state index in [1.807, 2.05) is 31.2 Å². The minimum absolute atomic E-state index is 0.0415. The van der Waals surface area contributed by atoms with Crippen molar-refractivity contribution in [2.45, 2.75) is 19.8 Å². The summed E-state index contributed by atoms with van der Waals surface area (Å²) in [6, 6.07) is 7.75. The van der Waals surface area contributed by atoms with Gasteiger partial charge >= 0.3 is 0 Å². The molecule has 6 heteroatoms. The Kier molecular flexibility index (Phi) is 4.09. The zero-order valence-electron chi connectivity index (χ0n) is 12.7. The van der Waals surface area contributed by atoms with E-state index in [4.69, 9.17) is 15.5 Å². The van der Waals surface area contributed by atoms with Crippen LogP contribution in [0.1, 0.15) is 19.8 Å². The summed E-state index contributed by atoms with van der Waals surface area (Å²) >= 11 is 0. The van der Waals surface area contributed by atoms with Crippen LogP contribution in [0.5, 0.6) is 5.88 Å². The quantitative estimate of drug-likeness (QED) is 0.930. The number of hydrogen-bond acceptors (Lipinski definition) is 5. The molecule has 116 valence electrons. The van der Waals surface area contributed by atoms with Gasteiger partial charge in [0.25, 0.3) is 5.88 Å². The number of primary amides is 1. The summed E-state index contributed by atoms with van der Waals surface area (Å²) in [4.78, 5) is 22.7. The Labute approximate surface area is 129 Å². The third-order valence-corrected chi connectivity index (χ3v) is 4.00. The van der Waals surface area contributed by atoms with Gasteiger partial charge in [-0.15, -0.1) is 0 Å². The number of carbonyl (C=O) groups is 1. The highest BCUT2D eigenvalue weighted by molar-refractivity contribution is 5.78. The number of nitrogens with two attached hydrogens (primary N) is 1. The summed E-state index contributed by atoms with van der Waals surface area (Å²) in [6.45, 7) is 3.94. The topological polar surface area (TPSA) is 81.3 Å². The Morgan fingerprint density at radius 1 is 1.27 bits per heavy atom. The Morgan fingerprint density at radius 2 is 1.91 bits per heavy atom. The van der Waals surface area contributed by atoms with Crippen LogP contribution in [0, 0.1) is 5.92 Å². The maximum Gasteiger partial charge on any atom is 0.258 e. The summed E-state index contributed by atoms with van der Waals surface area (Å²) in [5.41, 5.74) is 7.06. The van der Waals surface area contributed by atoms with Crippen LogP contribution < -0.4 is 15.4 Å². The number of piperidine rings is 1. The molecule has 0 spiro atoms. The van der Waals surface area contributed by atoms with E-state index < -0.39 is 0 Å². The van der Waals surface area contributed by atoms with Crippen LogP contribution in [0.25, 0.3) is 11.0 Å². The highest BCUT2D eigenvalue weighted by atomic mass is 16.5. The maximum atomic E-state index is 11.3. The van der Waals surface area contributed by atoms with E-state index in [1.54, 1.807) is 0 Å². The van der Waals surface area contributed by atoms with Crippen molar-refractivity contribution in [3.05, 3.63) is 24.3 Å². The molecule has 0 saturated carbocycles. The first-order chi connectivity index (χ1) is 10.7. The molecule has 0 unspecified atom stereocenters. The predicted octanol–water partition coefficient (Wildman–Crippen LogP) is 1.73. The SMILES string of the molecule is CCOc1nc2ccccc2nc1N1CCC(C(N)=O)CC1. The first-order valence-electron chi connectivity index (χ1n) is 7.63. The molecule has 1 amide bonds. The van der Waals surface area contributed by atoms with E-state index in [9.17, 15) is 4.79 Å². The van der Waals surface area contributed by atoms with E-state index in [2.05, 4.69) is 9.88 Å². The molecule has 3 rings (SSSR count). The molecule has 0 atom stereocenters. The molecule has 1 aliphatic heterocycles. The van der Waals surface area contributed by atoms with Crippen LogP contribution in [0.2, 0.25) is 0 Å². The van der Waals surface area contributed by atoms with Gasteiger partial charge in [-0.1, -0.05) is 12.1 Å². The van der Waals surface area contributed by atoms with Gasteiger partial charge in [-0.2, -0.15) is 0 Å². The zero-order chi connectivity index (χ0) is 15.5. The summed E-state index contributed by atoms with van der Waals surface area (Å²) in [6.07, 6.45) is 1.49. The number of nitrogens with zero attached hydrogens (tertiary/aromatic N) is 3. The van der Waals surface area contributed by atoms with Gasteiger partial charge in [0.15, 0.2) is 5.82 Å². The first kappa shape index (κ1) is 14.6. The lowest BCUT2D eigenvalue weighted by Crippen LogP contribution is -2.39. The average Bonchev–Trinajstić information content (AvgIpc) is 2.54. The summed E-state index contributed by atoms with van der Waals surface area (Å²) in [5, 5.41) is 0. The molecule has 2 heterocycles. The highest BCUT2D eigenvalue weighted by Gasteiger charge is 2.26. The second-order valence-electron chi connectivity index (χ2n) is 5.44. The second-order valence-corrected chi connectivity index (χ2v) is 5.44. The Balaban J connectivity index is 1.91. The molecule has 1 aromatic carbocycles. The molecular weight excluding hydrogens is 280 g/mol. The lowest BCUT2D eigenvalue weighted by molar-refractivity contribution is -0.122. The molecule has 0 bridgehead atoms. The van der Waals surface area contributed by atoms with E-state index >= 15 is 0 Å². The van der Waals surface area contributed by atoms with Crippen LogP contribution in [0.3, 0.4) is 0 Å². The standard InChI is InChI=1S/C16H20N4O2/c1-2-22-16-15(18-12-5-3-4-6-13(12)19-16)20-9-7-11(8-10-20)14(17)21/h3-6,11H,2,7-10H2,1H3,(H2,17,21). The van der Waals surface area contributed by atoms with Crippen LogP contribution in [-0.2, 0) is 4.79 Å². The average molecular weight is 300 g/mol. The third-order valence-electron chi connectivity index (χ3n) is 4.00. The number of hydrogen-bond donors (Lipinski definition) is 1. The molecule has 22 heavy (non-hydrogen) atoms. The number of amides is 1. The lowest BCUT2D eigenvalue weighted by Gasteiger charge is -2.32. The number of ether oxygens (including phenoxy) is 1. The first-order valence-corrected chi connectivity index (χ1v) is 7.63. The summed E-state index contributed by atoms with van der Waals surface area (Å²) in [5.74, 6) is 1.05. The van der Waals surface area contributed by atoms with Crippen molar-refractivity contribution in [3.63, 3.8) is 0 Å². The second kappa shape index (κ2) is 6.17. The van der Waals surface area contributed by atoms with Crippen LogP contribution in [-0.4, -0.2) is 35.6 Å². The van der Waals surface area contributed by atoms with Gasteiger partial charge in [0.1, 0.15) is 0 Å². The van der Waals surface area contributed by atoms with Gasteiger partial charge in [0.2, 0.25) is 5.91 Å². The maximum absolute atomic E-state index is 11.3. The van der Waals surface area contributed by atoms with Gasteiger partial charge in [0.05, 0.1) is 17.6 Å². The number of anilines is 1. The highest BCUT2D eigenvalue weighted by Crippen LogP contribution is 2.30. The minimum Gasteiger partial charge on any atom is -0.475 e. The molecule has 1 aliphatic rings. The molecule has 0 aliphatic carbocycles. The van der Waals surface area contributed by atoms with Crippen molar-refractivity contribution in [3.8, 4) is 5.88 Å². The van der Waals surface area contributed by atoms with Crippen molar-refractivity contribution in [2.75, 3.05) is 24.6 Å². The largest absolute Gasteiger partial charge is 0.475 e. The predicted molar refractivity (Wildman–Crippen MR) is 84.8 cm³/mol. The zero-order valence-corrected chi connectivity index (χ0v) is 12.7. The fourth-order valence-corrected chi connectivity index (χ4v) is 2.79. The fraction of sp³-hybridized carbons (Fsp3) is 0.438. The normalized spacial score (nSPS) is 16.0. The Morgan fingerprint density at radius 3 is 2.50 bits per heavy atom. The van der Waals surface area contributed by atoms with E-state index in [0.29, 0.717) is 12.5 Å². The Bertz CT molecular complexity index is 681. The van der Waals surface area contributed by atoms with Crippen molar-refractivity contribution in [1.82, 2.24) is 9.97 Å². The third kappa shape index (κ3) is 2.81. The van der Waals surface area contributed by atoms with Crippen molar-refractivity contribution in [2.24, 2.45) is 11.7 Å². The fourth-order valence-electron chi connectivity index (χ4n) is 2.79. The van der Waals surface area contributed by atoms with Gasteiger partial charge in [-0.3, -0.25) is 4.79 Å².